The molecule has 2 N–H and O–H groups in total. The number of fused-ring (bicyclic) bond motifs is 1. The van der Waals surface area contributed by atoms with Gasteiger partial charge in [0.25, 0.3) is 0 Å². The lowest BCUT2D eigenvalue weighted by molar-refractivity contribution is 0.103. The van der Waals surface area contributed by atoms with Crippen LogP contribution in [0.3, 0.4) is 0 Å². The molecule has 1 aliphatic carbocycles. The van der Waals surface area contributed by atoms with Gasteiger partial charge in [-0.25, -0.2) is 4.39 Å². The fourth-order valence-electron chi connectivity index (χ4n) is 5.40. The number of phenols is 1. The van der Waals surface area contributed by atoms with E-state index in [1.165, 1.54) is 16.7 Å². The number of nitrogens with zero attached hydrogens (tertiary/aromatic N) is 1. The van der Waals surface area contributed by atoms with Crippen molar-refractivity contribution in [2.45, 2.75) is 31.6 Å². The minimum Gasteiger partial charge on any atom is -0.508 e. The zero-order chi connectivity index (χ0) is 29.0. The van der Waals surface area contributed by atoms with Gasteiger partial charge in [-0.05, 0) is 84.2 Å². The number of halogens is 1. The second-order valence-corrected chi connectivity index (χ2v) is 10.5. The van der Waals surface area contributed by atoms with Crippen molar-refractivity contribution in [2.24, 2.45) is 0 Å². The smallest absolute Gasteiger partial charge is 0.165 e. The molecule has 8 heteroatoms. The summed E-state index contributed by atoms with van der Waals surface area (Å²) in [5.74, 6) is 1.41. The maximum atomic E-state index is 14.9. The van der Waals surface area contributed by atoms with Crippen molar-refractivity contribution in [3.63, 3.8) is 0 Å². The van der Waals surface area contributed by atoms with Gasteiger partial charge in [0.2, 0.25) is 0 Å². The Labute approximate surface area is 243 Å². The molecule has 4 rings (SSSR count). The van der Waals surface area contributed by atoms with Crippen LogP contribution in [0.15, 0.2) is 54.6 Å². The summed E-state index contributed by atoms with van der Waals surface area (Å²) in [7, 11) is 5.03. The highest BCUT2D eigenvalue weighted by molar-refractivity contribution is 5.58. The number of nitrogens with one attached hydrogen (secondary N) is 1. The van der Waals surface area contributed by atoms with E-state index in [0.717, 1.165) is 49.4 Å². The predicted octanol–water partition coefficient (Wildman–Crippen LogP) is 5.44. The van der Waals surface area contributed by atoms with Gasteiger partial charge in [-0.3, -0.25) is 4.90 Å². The molecular weight excluding hydrogens is 523 g/mol. The van der Waals surface area contributed by atoms with Gasteiger partial charge in [-0.1, -0.05) is 18.2 Å². The van der Waals surface area contributed by atoms with Gasteiger partial charge in [0.15, 0.2) is 11.6 Å². The van der Waals surface area contributed by atoms with Gasteiger partial charge >= 0.3 is 0 Å². The molecular formula is C33H43FN2O5. The van der Waals surface area contributed by atoms with Crippen LogP contribution in [0.2, 0.25) is 0 Å². The molecule has 222 valence electrons. The molecule has 3 aromatic carbocycles. The highest BCUT2D eigenvalue weighted by atomic mass is 19.1. The molecule has 1 aliphatic rings. The third kappa shape index (κ3) is 8.83. The van der Waals surface area contributed by atoms with E-state index in [0.29, 0.717) is 51.0 Å². The number of aromatic hydroxyl groups is 1. The molecule has 0 bridgehead atoms. The summed E-state index contributed by atoms with van der Waals surface area (Å²) in [5.41, 5.74) is 5.72. The second kappa shape index (κ2) is 15.6. The van der Waals surface area contributed by atoms with Crippen molar-refractivity contribution in [1.82, 2.24) is 4.90 Å². The SMILES string of the molecule is COCCN(CCOC)CCOc1ccc(CCNc2cc(OC)ccc2C2CCc3cc(O)ccc3C2)cc1F. The summed E-state index contributed by atoms with van der Waals surface area (Å²) in [6, 6.07) is 17.1. The third-order valence-corrected chi connectivity index (χ3v) is 7.73. The highest BCUT2D eigenvalue weighted by Gasteiger charge is 2.23. The maximum Gasteiger partial charge on any atom is 0.165 e. The molecule has 3 aromatic rings. The summed E-state index contributed by atoms with van der Waals surface area (Å²) in [4.78, 5) is 2.18. The molecule has 0 aromatic heterocycles. The first-order valence-corrected chi connectivity index (χ1v) is 14.3. The Hall–Kier alpha value is -3.33. The first-order valence-electron chi connectivity index (χ1n) is 14.3. The monoisotopic (exact) mass is 566 g/mol. The quantitative estimate of drug-likeness (QED) is 0.239. The lowest BCUT2D eigenvalue weighted by Gasteiger charge is -2.27. The minimum atomic E-state index is -0.350. The summed E-state index contributed by atoms with van der Waals surface area (Å²) in [6.07, 6.45) is 3.55. The summed E-state index contributed by atoms with van der Waals surface area (Å²) in [6.45, 7) is 4.49. The Kier molecular flexibility index (Phi) is 11.7. The van der Waals surface area contributed by atoms with Crippen molar-refractivity contribution in [2.75, 3.05) is 72.6 Å². The van der Waals surface area contributed by atoms with Crippen LogP contribution in [0, 0.1) is 5.82 Å². The average molecular weight is 567 g/mol. The Balaban J connectivity index is 1.33. The van der Waals surface area contributed by atoms with Crippen molar-refractivity contribution >= 4 is 5.69 Å². The van der Waals surface area contributed by atoms with Crippen LogP contribution in [-0.2, 0) is 28.7 Å². The lowest BCUT2D eigenvalue weighted by Crippen LogP contribution is -2.34. The normalized spacial score (nSPS) is 14.6. The van der Waals surface area contributed by atoms with Crippen LogP contribution in [0.1, 0.15) is 34.6 Å². The number of ether oxygens (including phenoxy) is 4. The Bertz CT molecular complexity index is 1250. The van der Waals surface area contributed by atoms with Crippen molar-refractivity contribution in [3.8, 4) is 17.2 Å². The fraction of sp³-hybridized carbons (Fsp3) is 0.455. The number of anilines is 1. The summed E-state index contributed by atoms with van der Waals surface area (Å²) in [5, 5.41) is 13.4. The molecule has 0 radical (unpaired) electrons. The Morgan fingerprint density at radius 2 is 1.68 bits per heavy atom. The second-order valence-electron chi connectivity index (χ2n) is 10.5. The van der Waals surface area contributed by atoms with E-state index in [2.05, 4.69) is 16.3 Å². The van der Waals surface area contributed by atoms with Gasteiger partial charge in [0.05, 0.1) is 20.3 Å². The van der Waals surface area contributed by atoms with E-state index in [4.69, 9.17) is 18.9 Å². The van der Waals surface area contributed by atoms with E-state index >= 15 is 0 Å². The van der Waals surface area contributed by atoms with Gasteiger partial charge in [-0.2, -0.15) is 0 Å². The number of aryl methyl sites for hydroxylation is 1. The van der Waals surface area contributed by atoms with Crippen LogP contribution in [0.4, 0.5) is 10.1 Å². The number of hydrogen-bond donors (Lipinski definition) is 2. The van der Waals surface area contributed by atoms with Gasteiger partial charge in [0, 0.05) is 52.2 Å². The van der Waals surface area contributed by atoms with E-state index in [-0.39, 0.29) is 11.6 Å². The molecule has 0 amide bonds. The maximum absolute atomic E-state index is 14.9. The topological polar surface area (TPSA) is 72.4 Å². The fourth-order valence-corrected chi connectivity index (χ4v) is 5.40. The number of hydrogen-bond acceptors (Lipinski definition) is 7. The van der Waals surface area contributed by atoms with E-state index in [9.17, 15) is 9.50 Å². The van der Waals surface area contributed by atoms with Crippen LogP contribution in [-0.4, -0.2) is 77.3 Å². The largest absolute Gasteiger partial charge is 0.508 e. The molecule has 0 saturated heterocycles. The lowest BCUT2D eigenvalue weighted by atomic mass is 9.79. The Morgan fingerprint density at radius 3 is 2.41 bits per heavy atom. The first kappa shape index (κ1) is 30.6. The molecule has 1 unspecified atom stereocenters. The van der Waals surface area contributed by atoms with Crippen molar-refractivity contribution in [3.05, 3.63) is 82.7 Å². The van der Waals surface area contributed by atoms with Crippen LogP contribution in [0.25, 0.3) is 0 Å². The summed E-state index contributed by atoms with van der Waals surface area (Å²) >= 11 is 0. The van der Waals surface area contributed by atoms with Crippen LogP contribution in [0.5, 0.6) is 17.2 Å². The number of rotatable bonds is 16. The van der Waals surface area contributed by atoms with Gasteiger partial charge < -0.3 is 29.4 Å². The third-order valence-electron chi connectivity index (χ3n) is 7.73. The average Bonchev–Trinajstić information content (AvgIpc) is 2.99. The molecule has 41 heavy (non-hydrogen) atoms. The van der Waals surface area contributed by atoms with Gasteiger partial charge in [-0.15, -0.1) is 0 Å². The number of benzene rings is 3. The molecule has 0 saturated carbocycles. The van der Waals surface area contributed by atoms with E-state index in [1.807, 2.05) is 30.3 Å². The molecule has 0 heterocycles. The molecule has 0 fully saturated rings. The predicted molar refractivity (Wildman–Crippen MR) is 160 cm³/mol. The molecule has 7 nitrogen and oxygen atoms in total. The van der Waals surface area contributed by atoms with Crippen LogP contribution >= 0.6 is 0 Å². The highest BCUT2D eigenvalue weighted by Crippen LogP contribution is 2.38. The number of phenolic OH excluding ortho intramolecular Hbond substituents is 1. The van der Waals surface area contributed by atoms with E-state index in [1.54, 1.807) is 39.5 Å². The standard InChI is InChI=1S/C33H43FN2O5/c1-38-17-14-36(15-18-39-2)16-19-41-33-11-4-24(20-31(33)34)12-13-35-32-23-29(40-3)9-10-30(32)27-6-5-26-22-28(37)8-7-25(26)21-27/h4,7-11,20,22-23,27,35,37H,5-6,12-19,21H2,1-3H3. The molecule has 0 aliphatic heterocycles. The zero-order valence-corrected chi connectivity index (χ0v) is 24.5. The summed E-state index contributed by atoms with van der Waals surface area (Å²) < 4.78 is 36.4. The molecule has 0 spiro atoms. The van der Waals surface area contributed by atoms with Crippen molar-refractivity contribution < 1.29 is 28.4 Å². The molecule has 1 atom stereocenters. The Morgan fingerprint density at radius 1 is 0.902 bits per heavy atom. The first-order chi connectivity index (χ1) is 20.0. The van der Waals surface area contributed by atoms with Crippen LogP contribution < -0.4 is 14.8 Å². The van der Waals surface area contributed by atoms with Crippen molar-refractivity contribution in [1.29, 1.82) is 0 Å². The zero-order valence-electron chi connectivity index (χ0n) is 24.5. The number of methoxy groups -OCH3 is 3. The minimum absolute atomic E-state index is 0.265. The van der Waals surface area contributed by atoms with Gasteiger partial charge in [0.1, 0.15) is 18.1 Å². The van der Waals surface area contributed by atoms with E-state index < -0.39 is 0 Å².